The smallest absolute Gasteiger partial charge is 0.338 e. The molecule has 2 aliphatic heterocycles. The molecule has 10 atom stereocenters. The number of hydrogen-bond acceptors (Lipinski definition) is 18. The number of rotatable bonds is 20. The van der Waals surface area contributed by atoms with Crippen molar-refractivity contribution in [2.24, 2.45) is 0 Å². The van der Waals surface area contributed by atoms with E-state index in [9.17, 15) is 33.6 Å². The van der Waals surface area contributed by atoms with Crippen molar-refractivity contribution in [3.63, 3.8) is 0 Å². The van der Waals surface area contributed by atoms with Crippen molar-refractivity contribution in [3.05, 3.63) is 281 Å². The molecule has 2 N–H and O–H groups in total. The Kier molecular flexibility index (Phi) is 20.7. The van der Waals surface area contributed by atoms with Crippen LogP contribution in [0.1, 0.15) is 78.1 Å². The van der Waals surface area contributed by atoms with Gasteiger partial charge in [0.05, 0.1) is 38.9 Å². The number of carbonyl (C=O) groups excluding carboxylic acids is 7. The van der Waals surface area contributed by atoms with Crippen LogP contribution in [0, 0.1) is 6.92 Å². The maximum absolute atomic E-state index is 14.8. The van der Waals surface area contributed by atoms with E-state index in [2.05, 4.69) is 10.6 Å². The van der Waals surface area contributed by atoms with Gasteiger partial charge < -0.3 is 58.0 Å². The zero-order valence-corrected chi connectivity index (χ0v) is 48.4. The van der Waals surface area contributed by atoms with E-state index >= 15 is 0 Å². The van der Waals surface area contributed by atoms with Crippen molar-refractivity contribution in [1.29, 1.82) is 0 Å². The molecule has 10 rings (SSSR count). The lowest BCUT2D eigenvalue weighted by molar-refractivity contribution is -0.339. The number of thiocarbonyl (C=S) groups is 1. The van der Waals surface area contributed by atoms with Crippen LogP contribution in [0.15, 0.2) is 237 Å². The Balaban J connectivity index is 1.14. The molecule has 0 saturated carbocycles. The van der Waals surface area contributed by atoms with Crippen LogP contribution in [0.2, 0.25) is 0 Å². The first-order valence-electron chi connectivity index (χ1n) is 28.2. The predicted molar refractivity (Wildman–Crippen MR) is 324 cm³/mol. The average molecular weight is 1220 g/mol. The average Bonchev–Trinajstić information content (AvgIpc) is 1.37. The number of aryl methyl sites for hydroxylation is 1. The summed E-state index contributed by atoms with van der Waals surface area (Å²) in [5.41, 5.74) is 1.84. The zero-order chi connectivity index (χ0) is 62.1. The monoisotopic (exact) mass is 1220 g/mol. The molecule has 0 aromatic heterocycles. The van der Waals surface area contributed by atoms with Gasteiger partial charge in [-0.1, -0.05) is 140 Å². The molecule has 8 aromatic carbocycles. The highest BCUT2D eigenvalue weighted by atomic mass is 32.1. The van der Waals surface area contributed by atoms with E-state index in [0.717, 1.165) is 5.56 Å². The van der Waals surface area contributed by atoms with Gasteiger partial charge in [0.2, 0.25) is 0 Å². The molecule has 2 fully saturated rings. The van der Waals surface area contributed by atoms with Crippen LogP contribution in [0.4, 0.5) is 5.69 Å². The van der Waals surface area contributed by atoms with Gasteiger partial charge in [-0.25, -0.2) is 33.6 Å². The summed E-state index contributed by atoms with van der Waals surface area (Å²) >= 11 is 5.88. The molecule has 452 valence electrons. The van der Waals surface area contributed by atoms with E-state index in [4.69, 9.17) is 59.6 Å². The number of esters is 7. The molecule has 0 aliphatic carbocycles. The Morgan fingerprint density at radius 2 is 0.697 bits per heavy atom. The SMILES string of the molecule is Cc1cccc(NC(=S)N[C@@H]2O[C@H](COC(=O)c3ccccc3)[C@@H](O[C@H]3O[C@H](COC(=O)c4ccccc4)[C@@H](OC(=O)c4ccccc4)[C@H](OC(=O)c4ccccc4)[C@H]3OC(=O)c3ccccc3)[C@H](OC(=O)c3ccccc3)[C@H]2OC(=O)c2ccccc2)c1. The second-order valence-electron chi connectivity index (χ2n) is 20.3. The molecule has 0 spiro atoms. The van der Waals surface area contributed by atoms with E-state index in [1.165, 1.54) is 84.9 Å². The first kappa shape index (κ1) is 61.7. The number of carbonyl (C=O) groups is 7. The molecule has 0 amide bonds. The van der Waals surface area contributed by atoms with Crippen molar-refractivity contribution in [2.45, 2.75) is 68.3 Å². The molecule has 0 radical (unpaired) electrons. The number of hydrogen-bond donors (Lipinski definition) is 2. The topological polar surface area (TPSA) is 236 Å². The Morgan fingerprint density at radius 3 is 1.08 bits per heavy atom. The second kappa shape index (κ2) is 29.8. The zero-order valence-electron chi connectivity index (χ0n) is 47.6. The number of anilines is 1. The third-order valence-electron chi connectivity index (χ3n) is 14.1. The third kappa shape index (κ3) is 16.2. The third-order valence-corrected chi connectivity index (χ3v) is 14.3. The Hall–Kier alpha value is -10.4. The van der Waals surface area contributed by atoms with Crippen LogP contribution in [-0.2, 0) is 47.4 Å². The summed E-state index contributed by atoms with van der Waals surface area (Å²) < 4.78 is 64.6. The first-order valence-corrected chi connectivity index (χ1v) is 28.6. The van der Waals surface area contributed by atoms with Crippen LogP contribution in [0.5, 0.6) is 0 Å². The van der Waals surface area contributed by atoms with Crippen molar-refractivity contribution < 1.29 is 80.9 Å². The maximum atomic E-state index is 14.8. The fourth-order valence-electron chi connectivity index (χ4n) is 9.75. The lowest BCUT2D eigenvalue weighted by Crippen LogP contribution is -2.69. The molecule has 0 bridgehead atoms. The predicted octanol–water partition coefficient (Wildman–Crippen LogP) is 9.96. The van der Waals surface area contributed by atoms with E-state index in [1.807, 2.05) is 19.1 Å². The second-order valence-corrected chi connectivity index (χ2v) is 20.7. The highest BCUT2D eigenvalue weighted by Gasteiger charge is 2.58. The molecule has 20 heteroatoms. The molecule has 2 heterocycles. The highest BCUT2D eigenvalue weighted by Crippen LogP contribution is 2.37. The van der Waals surface area contributed by atoms with E-state index in [-0.39, 0.29) is 44.1 Å². The standard InChI is InChI=1S/C69H58N2O17S/c1-43-24-23-39-51(40-43)70-69(89)71-60-58(86-66(77)49-35-19-7-20-36-49)56(84-64(75)47-31-15-5-16-32-47)55(52(81-60)41-79-61(72)44-25-9-2-10-26-44)88-68-59(87-67(78)50-37-21-8-22-38-50)57(85-65(76)48-33-17-6-18-34-48)54(83-63(74)46-29-13-4-14-30-46)53(82-68)42-80-62(73)45-27-11-3-12-28-45/h2-40,52-60,68H,41-42H2,1H3,(H2,70,71,89)/t52-,53-,54-,55-,56+,57+,58-,59-,60-,68-/m1/s1. The molecule has 0 unspecified atom stereocenters. The Morgan fingerprint density at radius 1 is 0.371 bits per heavy atom. The van der Waals surface area contributed by atoms with Gasteiger partial charge in [-0.3, -0.25) is 0 Å². The van der Waals surface area contributed by atoms with Gasteiger partial charge in [0.15, 0.2) is 48.2 Å². The fraction of sp³-hybridized carbons (Fsp3) is 0.188. The number of ether oxygens (including phenoxy) is 10. The van der Waals surface area contributed by atoms with Crippen LogP contribution < -0.4 is 10.6 Å². The van der Waals surface area contributed by atoms with Gasteiger partial charge in [-0.15, -0.1) is 0 Å². The Bertz CT molecular complexity index is 3720. The minimum absolute atomic E-state index is 0.00505. The summed E-state index contributed by atoms with van der Waals surface area (Å²) in [6.07, 6.45) is -18.2. The number of benzene rings is 8. The van der Waals surface area contributed by atoms with Crippen LogP contribution in [0.3, 0.4) is 0 Å². The lowest BCUT2D eigenvalue weighted by atomic mass is 9.95. The van der Waals surface area contributed by atoms with E-state index in [0.29, 0.717) is 5.69 Å². The molecule has 8 aromatic rings. The van der Waals surface area contributed by atoms with Gasteiger partial charge in [0.25, 0.3) is 0 Å². The van der Waals surface area contributed by atoms with Crippen LogP contribution in [0.25, 0.3) is 0 Å². The molecular formula is C69H58N2O17S. The molecule has 2 saturated heterocycles. The van der Waals surface area contributed by atoms with Crippen molar-refractivity contribution in [2.75, 3.05) is 18.5 Å². The molecule has 19 nitrogen and oxygen atoms in total. The number of nitrogens with one attached hydrogen (secondary N) is 2. The highest BCUT2D eigenvalue weighted by molar-refractivity contribution is 7.80. The molecule has 2 aliphatic rings. The van der Waals surface area contributed by atoms with Crippen molar-refractivity contribution in [1.82, 2.24) is 5.32 Å². The van der Waals surface area contributed by atoms with Gasteiger partial charge in [0, 0.05) is 5.69 Å². The van der Waals surface area contributed by atoms with Crippen molar-refractivity contribution in [3.8, 4) is 0 Å². The summed E-state index contributed by atoms with van der Waals surface area (Å²) in [4.78, 5) is 101. The van der Waals surface area contributed by atoms with Gasteiger partial charge >= 0.3 is 41.8 Å². The van der Waals surface area contributed by atoms with Gasteiger partial charge in [-0.2, -0.15) is 0 Å². The normalized spacial score (nSPS) is 21.0. The Labute approximate surface area is 516 Å². The summed E-state index contributed by atoms with van der Waals surface area (Å²) in [5.74, 6) is -6.57. The maximum Gasteiger partial charge on any atom is 0.338 e. The quantitative estimate of drug-likeness (QED) is 0.0410. The van der Waals surface area contributed by atoms with E-state index in [1.54, 1.807) is 140 Å². The lowest BCUT2D eigenvalue weighted by Gasteiger charge is -2.49. The summed E-state index contributed by atoms with van der Waals surface area (Å²) in [5, 5.41) is 6.11. The van der Waals surface area contributed by atoms with Crippen LogP contribution in [-0.4, -0.2) is 121 Å². The fourth-order valence-corrected chi connectivity index (χ4v) is 9.98. The minimum atomic E-state index is -2.08. The minimum Gasteiger partial charge on any atom is -0.459 e. The summed E-state index contributed by atoms with van der Waals surface area (Å²) in [7, 11) is 0. The molecule has 89 heavy (non-hydrogen) atoms. The van der Waals surface area contributed by atoms with E-state index < -0.39 is 116 Å². The first-order chi connectivity index (χ1) is 43.3. The molecular weight excluding hydrogens is 1160 g/mol. The van der Waals surface area contributed by atoms with Crippen molar-refractivity contribution >= 4 is 64.8 Å². The largest absolute Gasteiger partial charge is 0.459 e. The summed E-state index contributed by atoms with van der Waals surface area (Å²) in [6.45, 7) is 0.420. The van der Waals surface area contributed by atoms with Gasteiger partial charge in [-0.05, 0) is 122 Å². The summed E-state index contributed by atoms with van der Waals surface area (Å²) in [6, 6.07) is 62.2. The van der Waals surface area contributed by atoms with Crippen LogP contribution >= 0.6 is 12.2 Å². The van der Waals surface area contributed by atoms with Gasteiger partial charge in [0.1, 0.15) is 31.5 Å².